The van der Waals surface area contributed by atoms with Crippen LogP contribution in [-0.2, 0) is 38.3 Å². The molecule has 3 aromatic rings. The van der Waals surface area contributed by atoms with Crippen LogP contribution in [0.1, 0.15) is 82.8 Å². The van der Waals surface area contributed by atoms with Gasteiger partial charge in [-0.05, 0) is 86.1 Å². The molecule has 6 heteroatoms. The predicted molar refractivity (Wildman–Crippen MR) is 174 cm³/mol. The molecule has 0 aliphatic carbocycles. The van der Waals surface area contributed by atoms with Crippen molar-refractivity contribution >= 4 is 22.9 Å². The van der Waals surface area contributed by atoms with Gasteiger partial charge >= 0.3 is 11.9 Å². The second-order valence-corrected chi connectivity index (χ2v) is 13.8. The number of benzene rings is 2. The minimum Gasteiger partial charge on any atom is -0.461 e. The van der Waals surface area contributed by atoms with Crippen molar-refractivity contribution in [3.05, 3.63) is 82.6 Å². The molecule has 2 heterocycles. The quantitative estimate of drug-likeness (QED) is 0.140. The molecule has 0 saturated carbocycles. The van der Waals surface area contributed by atoms with E-state index >= 15 is 0 Å². The van der Waals surface area contributed by atoms with Gasteiger partial charge in [-0.3, -0.25) is 4.79 Å². The van der Waals surface area contributed by atoms with Gasteiger partial charge in [0.2, 0.25) is 0 Å². The third kappa shape index (κ3) is 9.31. The third-order valence-electron chi connectivity index (χ3n) is 8.52. The van der Waals surface area contributed by atoms with Gasteiger partial charge in [0.1, 0.15) is 18.0 Å². The van der Waals surface area contributed by atoms with E-state index in [1.807, 2.05) is 18.2 Å². The van der Waals surface area contributed by atoms with Crippen molar-refractivity contribution in [2.24, 2.45) is 23.7 Å². The molecule has 1 N–H and O–H groups in total. The van der Waals surface area contributed by atoms with Crippen LogP contribution in [0.5, 0.6) is 0 Å². The number of ether oxygens (including phenoxy) is 2. The smallest absolute Gasteiger partial charge is 0.334 e. The van der Waals surface area contributed by atoms with Gasteiger partial charge in [-0.2, -0.15) is 0 Å². The molecule has 1 fully saturated rings. The maximum atomic E-state index is 13.0. The van der Waals surface area contributed by atoms with E-state index in [9.17, 15) is 14.7 Å². The van der Waals surface area contributed by atoms with Crippen LogP contribution in [-0.4, -0.2) is 35.9 Å². The number of aryl methyl sites for hydroxylation is 3. The standard InChI is InChI=1S/C38H50O6/c1-25(2)17-31(18-26(3)4)13-15-32-22-38(23-39,44-37(32)41)24-42-36(40)28(6)19-34-21-33-20-30(14-16-35(33)43-34)12-11-29-9-7-27(5)8-10-29/h7-10,14-16,20-21,25-26,28,31,39H,11-13,17-19,22-24H2,1-6H3/b32-15+/t28-,38+/m0/s1. The van der Waals surface area contributed by atoms with Crippen molar-refractivity contribution in [1.29, 1.82) is 0 Å². The van der Waals surface area contributed by atoms with Crippen molar-refractivity contribution in [3.63, 3.8) is 0 Å². The Kier molecular flexibility index (Phi) is 11.5. The summed E-state index contributed by atoms with van der Waals surface area (Å²) in [6.07, 6.45) is 7.48. The number of carbonyl (C=O) groups is 2. The molecule has 1 aromatic heterocycles. The number of aliphatic hydroxyl groups is 1. The number of cyclic esters (lactones) is 1. The lowest BCUT2D eigenvalue weighted by atomic mass is 9.86. The lowest BCUT2D eigenvalue weighted by Crippen LogP contribution is -2.40. The average Bonchev–Trinajstić information content (AvgIpc) is 3.53. The maximum Gasteiger partial charge on any atom is 0.334 e. The zero-order valence-electron chi connectivity index (χ0n) is 27.4. The topological polar surface area (TPSA) is 86.0 Å². The number of hydrogen-bond acceptors (Lipinski definition) is 6. The minimum atomic E-state index is -1.24. The highest BCUT2D eigenvalue weighted by Gasteiger charge is 2.44. The summed E-state index contributed by atoms with van der Waals surface area (Å²) in [5.41, 5.74) is 3.93. The van der Waals surface area contributed by atoms with Crippen LogP contribution in [0.3, 0.4) is 0 Å². The first-order valence-electron chi connectivity index (χ1n) is 16.2. The van der Waals surface area contributed by atoms with E-state index in [0.29, 0.717) is 35.5 Å². The van der Waals surface area contributed by atoms with Crippen molar-refractivity contribution in [3.8, 4) is 0 Å². The zero-order chi connectivity index (χ0) is 31.9. The van der Waals surface area contributed by atoms with Gasteiger partial charge in [-0.25, -0.2) is 4.79 Å². The van der Waals surface area contributed by atoms with Gasteiger partial charge in [0.25, 0.3) is 0 Å². The number of rotatable bonds is 15. The number of allylic oxidation sites excluding steroid dienone is 1. The molecule has 1 saturated heterocycles. The minimum absolute atomic E-state index is 0.179. The lowest BCUT2D eigenvalue weighted by molar-refractivity contribution is -0.168. The first-order chi connectivity index (χ1) is 20.9. The molecular formula is C38H50O6. The van der Waals surface area contributed by atoms with Crippen molar-refractivity contribution in [1.82, 2.24) is 0 Å². The van der Waals surface area contributed by atoms with Crippen LogP contribution < -0.4 is 0 Å². The molecule has 2 atom stereocenters. The molecule has 6 nitrogen and oxygen atoms in total. The van der Waals surface area contributed by atoms with E-state index in [1.165, 1.54) is 16.7 Å². The van der Waals surface area contributed by atoms with Gasteiger partial charge in [0.05, 0.1) is 12.5 Å². The Hall–Kier alpha value is -3.38. The van der Waals surface area contributed by atoms with Crippen molar-refractivity contribution in [2.75, 3.05) is 13.2 Å². The first-order valence-corrected chi connectivity index (χ1v) is 16.2. The van der Waals surface area contributed by atoms with Crippen LogP contribution in [0, 0.1) is 30.6 Å². The van der Waals surface area contributed by atoms with E-state index in [0.717, 1.165) is 43.1 Å². The van der Waals surface area contributed by atoms with Crippen molar-refractivity contribution in [2.45, 2.75) is 92.1 Å². The largest absolute Gasteiger partial charge is 0.461 e. The van der Waals surface area contributed by atoms with Crippen molar-refractivity contribution < 1.29 is 28.6 Å². The monoisotopic (exact) mass is 602 g/mol. The summed E-state index contributed by atoms with van der Waals surface area (Å²) in [6.45, 7) is 12.2. The first kappa shape index (κ1) is 33.5. The second-order valence-electron chi connectivity index (χ2n) is 13.8. The number of fused-ring (bicyclic) bond motifs is 1. The van der Waals surface area contributed by atoms with Gasteiger partial charge < -0.3 is 19.0 Å². The Balaban J connectivity index is 1.31. The van der Waals surface area contributed by atoms with E-state index in [-0.39, 0.29) is 13.0 Å². The van der Waals surface area contributed by atoms with E-state index in [1.54, 1.807) is 6.92 Å². The van der Waals surface area contributed by atoms with Crippen LogP contribution >= 0.6 is 0 Å². The summed E-state index contributed by atoms with van der Waals surface area (Å²) in [5.74, 6) is 1.05. The van der Waals surface area contributed by atoms with E-state index < -0.39 is 30.1 Å². The molecular weight excluding hydrogens is 552 g/mol. The fraction of sp³-hybridized carbons (Fsp3) is 0.526. The van der Waals surface area contributed by atoms with Gasteiger partial charge in [-0.1, -0.05) is 76.6 Å². The SMILES string of the molecule is Cc1ccc(CCc2ccc3oc(C[C@H](C)C(=O)OC[C@]4(CO)C/C(=C\CC(CC(C)C)CC(C)C)C(=O)O4)cc3c2)cc1. The Bertz CT molecular complexity index is 1420. The zero-order valence-corrected chi connectivity index (χ0v) is 27.4. The summed E-state index contributed by atoms with van der Waals surface area (Å²) in [6, 6.07) is 16.9. The van der Waals surface area contributed by atoms with Crippen LogP contribution in [0.2, 0.25) is 0 Å². The average molecular weight is 603 g/mol. The summed E-state index contributed by atoms with van der Waals surface area (Å²) in [7, 11) is 0. The highest BCUT2D eigenvalue weighted by molar-refractivity contribution is 5.91. The second kappa shape index (κ2) is 15.1. The number of esters is 2. The fourth-order valence-corrected chi connectivity index (χ4v) is 6.20. The molecule has 0 unspecified atom stereocenters. The maximum absolute atomic E-state index is 13.0. The predicted octanol–water partition coefficient (Wildman–Crippen LogP) is 7.95. The summed E-state index contributed by atoms with van der Waals surface area (Å²) < 4.78 is 17.3. The Labute approximate surface area is 262 Å². The third-order valence-corrected chi connectivity index (χ3v) is 8.52. The number of aliphatic hydroxyl groups excluding tert-OH is 1. The van der Waals surface area contributed by atoms with E-state index in [4.69, 9.17) is 13.9 Å². The molecule has 0 bridgehead atoms. The highest BCUT2D eigenvalue weighted by atomic mass is 16.6. The highest BCUT2D eigenvalue weighted by Crippen LogP contribution is 2.33. The molecule has 238 valence electrons. The van der Waals surface area contributed by atoms with Crippen LogP contribution in [0.15, 0.2) is 64.6 Å². The summed E-state index contributed by atoms with van der Waals surface area (Å²) >= 11 is 0. The molecule has 4 rings (SSSR count). The Morgan fingerprint density at radius 3 is 2.30 bits per heavy atom. The number of furan rings is 1. The van der Waals surface area contributed by atoms with Crippen LogP contribution in [0.25, 0.3) is 11.0 Å². The fourth-order valence-electron chi connectivity index (χ4n) is 6.20. The normalized spacial score (nSPS) is 18.6. The number of hydrogen-bond donors (Lipinski definition) is 1. The summed E-state index contributed by atoms with van der Waals surface area (Å²) in [5, 5.41) is 11.2. The van der Waals surface area contributed by atoms with Crippen LogP contribution in [0.4, 0.5) is 0 Å². The van der Waals surface area contributed by atoms with Gasteiger partial charge in [-0.15, -0.1) is 0 Å². The van der Waals surface area contributed by atoms with E-state index in [2.05, 4.69) is 71.0 Å². The Morgan fingerprint density at radius 1 is 0.977 bits per heavy atom. The molecule has 1 aliphatic heterocycles. The molecule has 0 amide bonds. The van der Waals surface area contributed by atoms with Gasteiger partial charge in [0.15, 0.2) is 5.60 Å². The number of carbonyl (C=O) groups excluding carboxylic acids is 2. The molecule has 2 aromatic carbocycles. The molecule has 44 heavy (non-hydrogen) atoms. The molecule has 0 radical (unpaired) electrons. The lowest BCUT2D eigenvalue weighted by Gasteiger charge is -2.25. The molecule has 1 aliphatic rings. The van der Waals surface area contributed by atoms with Gasteiger partial charge in [0, 0.05) is 23.8 Å². The summed E-state index contributed by atoms with van der Waals surface area (Å²) in [4.78, 5) is 25.7. The molecule has 0 spiro atoms. The Morgan fingerprint density at radius 2 is 1.64 bits per heavy atom.